The molecule has 0 aliphatic carbocycles. The molecule has 1 aromatic carbocycles. The van der Waals surface area contributed by atoms with Gasteiger partial charge in [-0.2, -0.15) is 4.31 Å². The zero-order chi connectivity index (χ0) is 20.1. The number of piperidine rings is 1. The summed E-state index contributed by atoms with van der Waals surface area (Å²) in [6.07, 6.45) is 5.82. The summed E-state index contributed by atoms with van der Waals surface area (Å²) in [5.41, 5.74) is 0. The number of carbonyl (C=O) groups excluding carboxylic acids is 1. The molecule has 2 aliphatic heterocycles. The Morgan fingerprint density at radius 2 is 1.64 bits per heavy atom. The standard InChI is InChI=1S/C20H30N2O5S/c1-26-18-10-9-17(14-19(18)27-2)28(24,25)22-13-7-8-16(15-22)20(23)21-11-5-3-4-6-12-21/h9-10,14,16H,3-8,11-13,15H2,1-2H3/t16-/m0/s1. The van der Waals surface area contributed by atoms with E-state index in [-0.39, 0.29) is 23.3 Å². The highest BCUT2D eigenvalue weighted by Gasteiger charge is 2.35. The first-order chi connectivity index (χ1) is 13.5. The first-order valence-corrected chi connectivity index (χ1v) is 11.4. The molecule has 156 valence electrons. The summed E-state index contributed by atoms with van der Waals surface area (Å²) in [7, 11) is -0.710. The van der Waals surface area contributed by atoms with Crippen molar-refractivity contribution in [3.05, 3.63) is 18.2 Å². The lowest BCUT2D eigenvalue weighted by Crippen LogP contribution is -2.46. The van der Waals surface area contributed by atoms with Gasteiger partial charge in [0.05, 0.1) is 25.0 Å². The maximum absolute atomic E-state index is 13.2. The number of amides is 1. The molecule has 0 unspecified atom stereocenters. The molecule has 0 bridgehead atoms. The van der Waals surface area contributed by atoms with Gasteiger partial charge in [-0.05, 0) is 37.8 Å². The smallest absolute Gasteiger partial charge is 0.243 e. The highest BCUT2D eigenvalue weighted by molar-refractivity contribution is 7.89. The van der Waals surface area contributed by atoms with Crippen LogP contribution in [0.4, 0.5) is 0 Å². The molecule has 0 N–H and O–H groups in total. The van der Waals surface area contributed by atoms with E-state index in [0.29, 0.717) is 24.5 Å². The fourth-order valence-electron chi connectivity index (χ4n) is 4.04. The number of ether oxygens (including phenoxy) is 2. The predicted molar refractivity (Wildman–Crippen MR) is 106 cm³/mol. The quantitative estimate of drug-likeness (QED) is 0.746. The van der Waals surface area contributed by atoms with Crippen molar-refractivity contribution in [2.45, 2.75) is 43.4 Å². The minimum atomic E-state index is -3.70. The number of nitrogens with zero attached hydrogens (tertiary/aromatic N) is 2. The van der Waals surface area contributed by atoms with Gasteiger partial charge in [0.2, 0.25) is 15.9 Å². The Labute approximate surface area is 167 Å². The van der Waals surface area contributed by atoms with Crippen LogP contribution < -0.4 is 9.47 Å². The number of benzene rings is 1. The van der Waals surface area contributed by atoms with Crippen molar-refractivity contribution < 1.29 is 22.7 Å². The van der Waals surface area contributed by atoms with E-state index in [4.69, 9.17) is 9.47 Å². The normalized spacial score (nSPS) is 21.8. The first-order valence-electron chi connectivity index (χ1n) is 9.98. The molecule has 0 saturated carbocycles. The Hall–Kier alpha value is -1.80. The number of hydrogen-bond donors (Lipinski definition) is 0. The van der Waals surface area contributed by atoms with Gasteiger partial charge in [0.15, 0.2) is 11.5 Å². The Morgan fingerprint density at radius 3 is 2.29 bits per heavy atom. The molecule has 7 nitrogen and oxygen atoms in total. The number of rotatable bonds is 5. The summed E-state index contributed by atoms with van der Waals surface area (Å²) in [6, 6.07) is 4.60. The molecule has 1 aromatic rings. The topological polar surface area (TPSA) is 76.2 Å². The van der Waals surface area contributed by atoms with Gasteiger partial charge in [-0.15, -0.1) is 0 Å². The van der Waals surface area contributed by atoms with E-state index in [1.165, 1.54) is 30.7 Å². The zero-order valence-electron chi connectivity index (χ0n) is 16.7. The van der Waals surface area contributed by atoms with Gasteiger partial charge in [0.1, 0.15) is 0 Å². The third kappa shape index (κ3) is 4.43. The third-order valence-corrected chi connectivity index (χ3v) is 7.51. The van der Waals surface area contributed by atoms with Crippen molar-refractivity contribution in [1.82, 2.24) is 9.21 Å². The molecule has 2 heterocycles. The van der Waals surface area contributed by atoms with Crippen LogP contribution in [-0.4, -0.2) is 63.9 Å². The molecule has 8 heteroatoms. The molecule has 0 aromatic heterocycles. The second-order valence-electron chi connectivity index (χ2n) is 7.46. The van der Waals surface area contributed by atoms with Crippen molar-refractivity contribution >= 4 is 15.9 Å². The van der Waals surface area contributed by atoms with Crippen LogP contribution in [0, 0.1) is 5.92 Å². The summed E-state index contributed by atoms with van der Waals surface area (Å²) >= 11 is 0. The largest absolute Gasteiger partial charge is 0.493 e. The average molecular weight is 411 g/mol. The van der Waals surface area contributed by atoms with Gasteiger partial charge >= 0.3 is 0 Å². The van der Waals surface area contributed by atoms with Crippen molar-refractivity contribution in [2.75, 3.05) is 40.4 Å². The lowest BCUT2D eigenvalue weighted by atomic mass is 9.98. The highest BCUT2D eigenvalue weighted by atomic mass is 32.2. The molecule has 1 atom stereocenters. The lowest BCUT2D eigenvalue weighted by molar-refractivity contribution is -0.136. The van der Waals surface area contributed by atoms with Crippen LogP contribution in [0.3, 0.4) is 0 Å². The number of hydrogen-bond acceptors (Lipinski definition) is 5. The minimum Gasteiger partial charge on any atom is -0.493 e. The van der Waals surface area contributed by atoms with Gasteiger partial charge in [0, 0.05) is 32.2 Å². The summed E-state index contributed by atoms with van der Waals surface area (Å²) in [4.78, 5) is 15.1. The van der Waals surface area contributed by atoms with E-state index < -0.39 is 10.0 Å². The molecule has 2 aliphatic rings. The Bertz CT molecular complexity index is 788. The lowest BCUT2D eigenvalue weighted by Gasteiger charge is -2.34. The van der Waals surface area contributed by atoms with E-state index in [1.54, 1.807) is 6.07 Å². The summed E-state index contributed by atoms with van der Waals surface area (Å²) in [6.45, 7) is 2.25. The maximum Gasteiger partial charge on any atom is 0.243 e. The SMILES string of the molecule is COc1ccc(S(=O)(=O)N2CCC[C@H](C(=O)N3CCCCCC3)C2)cc1OC. The van der Waals surface area contributed by atoms with E-state index in [2.05, 4.69) is 0 Å². The van der Waals surface area contributed by atoms with Crippen LogP contribution in [0.1, 0.15) is 38.5 Å². The van der Waals surface area contributed by atoms with Crippen LogP contribution in [-0.2, 0) is 14.8 Å². The molecular weight excluding hydrogens is 380 g/mol. The Balaban J connectivity index is 1.76. The predicted octanol–water partition coefficient (Wildman–Crippen LogP) is 2.51. The number of sulfonamides is 1. The number of carbonyl (C=O) groups is 1. The van der Waals surface area contributed by atoms with Crippen molar-refractivity contribution in [1.29, 1.82) is 0 Å². The van der Waals surface area contributed by atoms with Crippen LogP contribution in [0.5, 0.6) is 11.5 Å². The third-order valence-electron chi connectivity index (χ3n) is 5.64. The fraction of sp³-hybridized carbons (Fsp3) is 0.650. The van der Waals surface area contributed by atoms with Crippen LogP contribution in [0.15, 0.2) is 23.1 Å². The molecule has 0 spiro atoms. The number of methoxy groups -OCH3 is 2. The molecule has 28 heavy (non-hydrogen) atoms. The summed E-state index contributed by atoms with van der Waals surface area (Å²) in [5.74, 6) is 0.697. The molecule has 2 fully saturated rings. The van der Waals surface area contributed by atoms with E-state index in [0.717, 1.165) is 45.2 Å². The van der Waals surface area contributed by atoms with Gasteiger partial charge < -0.3 is 14.4 Å². The van der Waals surface area contributed by atoms with Crippen molar-refractivity contribution in [3.8, 4) is 11.5 Å². The Kier molecular flexibility index (Phi) is 6.82. The molecule has 1 amide bonds. The van der Waals surface area contributed by atoms with Crippen LogP contribution in [0.25, 0.3) is 0 Å². The van der Waals surface area contributed by atoms with E-state index in [9.17, 15) is 13.2 Å². The highest BCUT2D eigenvalue weighted by Crippen LogP contribution is 2.32. The van der Waals surface area contributed by atoms with E-state index in [1.807, 2.05) is 4.90 Å². The monoisotopic (exact) mass is 410 g/mol. The molecule has 2 saturated heterocycles. The zero-order valence-corrected chi connectivity index (χ0v) is 17.5. The van der Waals surface area contributed by atoms with Crippen LogP contribution >= 0.6 is 0 Å². The van der Waals surface area contributed by atoms with Crippen LogP contribution in [0.2, 0.25) is 0 Å². The second kappa shape index (κ2) is 9.13. The van der Waals surface area contributed by atoms with Gasteiger partial charge in [-0.1, -0.05) is 12.8 Å². The average Bonchev–Trinajstić information content (AvgIpc) is 3.02. The van der Waals surface area contributed by atoms with Crippen molar-refractivity contribution in [3.63, 3.8) is 0 Å². The summed E-state index contributed by atoms with van der Waals surface area (Å²) < 4.78 is 38.2. The molecule has 0 radical (unpaired) electrons. The summed E-state index contributed by atoms with van der Waals surface area (Å²) in [5, 5.41) is 0. The van der Waals surface area contributed by atoms with Crippen molar-refractivity contribution in [2.24, 2.45) is 5.92 Å². The minimum absolute atomic E-state index is 0.106. The maximum atomic E-state index is 13.2. The van der Waals surface area contributed by atoms with Gasteiger partial charge in [0.25, 0.3) is 0 Å². The second-order valence-corrected chi connectivity index (χ2v) is 9.40. The molecule has 3 rings (SSSR count). The van der Waals surface area contributed by atoms with Gasteiger partial charge in [-0.3, -0.25) is 4.79 Å². The van der Waals surface area contributed by atoms with E-state index >= 15 is 0 Å². The Morgan fingerprint density at radius 1 is 0.964 bits per heavy atom. The fourth-order valence-corrected chi connectivity index (χ4v) is 5.58. The number of likely N-dealkylation sites (tertiary alicyclic amines) is 1. The molecular formula is C20H30N2O5S. The first kappa shape index (κ1) is 20.9. The van der Waals surface area contributed by atoms with Gasteiger partial charge in [-0.25, -0.2) is 8.42 Å².